The number of morpholine rings is 1. The van der Waals surface area contributed by atoms with Crippen molar-refractivity contribution in [3.05, 3.63) is 35.2 Å². The number of ether oxygens (including phenoxy) is 1. The molecule has 0 spiro atoms. The molecule has 2 aromatic rings. The van der Waals surface area contributed by atoms with Crippen LogP contribution in [0.5, 0.6) is 0 Å². The van der Waals surface area contributed by atoms with Crippen molar-refractivity contribution in [2.24, 2.45) is 0 Å². The van der Waals surface area contributed by atoms with E-state index in [-0.39, 0.29) is 5.69 Å². The van der Waals surface area contributed by atoms with Crippen molar-refractivity contribution in [2.45, 2.75) is 12.7 Å². The molecular formula is C14H13F3N6O. The zero-order valence-corrected chi connectivity index (χ0v) is 12.5. The second-order valence-corrected chi connectivity index (χ2v) is 5.23. The molecule has 0 radical (unpaired) electrons. The van der Waals surface area contributed by atoms with Gasteiger partial charge in [0, 0.05) is 13.1 Å². The third kappa shape index (κ3) is 3.37. The summed E-state index contributed by atoms with van der Waals surface area (Å²) in [5.74, 6) is 0.426. The van der Waals surface area contributed by atoms with Gasteiger partial charge in [0.2, 0.25) is 0 Å². The van der Waals surface area contributed by atoms with Gasteiger partial charge in [-0.05, 0) is 28.6 Å². The molecule has 1 aromatic carbocycles. The van der Waals surface area contributed by atoms with Crippen molar-refractivity contribution >= 4 is 0 Å². The van der Waals surface area contributed by atoms with E-state index in [1.807, 2.05) is 0 Å². The lowest BCUT2D eigenvalue weighted by Gasteiger charge is -2.25. The van der Waals surface area contributed by atoms with Gasteiger partial charge < -0.3 is 4.74 Å². The Kier molecular flexibility index (Phi) is 4.46. The molecular weight excluding hydrogens is 325 g/mol. The maximum Gasteiger partial charge on any atom is 0.417 e. The lowest BCUT2D eigenvalue weighted by molar-refractivity contribution is -0.137. The second kappa shape index (κ2) is 6.54. The van der Waals surface area contributed by atoms with Crippen LogP contribution in [0.2, 0.25) is 0 Å². The molecule has 0 bridgehead atoms. The quantitative estimate of drug-likeness (QED) is 0.841. The topological polar surface area (TPSA) is 79.9 Å². The molecule has 1 aliphatic rings. The van der Waals surface area contributed by atoms with Crippen LogP contribution < -0.4 is 0 Å². The van der Waals surface area contributed by atoms with E-state index >= 15 is 0 Å². The maximum atomic E-state index is 13.1. The molecule has 7 nitrogen and oxygen atoms in total. The molecule has 126 valence electrons. The van der Waals surface area contributed by atoms with Crippen LogP contribution in [0.4, 0.5) is 13.2 Å². The van der Waals surface area contributed by atoms with Crippen LogP contribution in [0, 0.1) is 11.3 Å². The minimum atomic E-state index is -4.63. The van der Waals surface area contributed by atoms with Gasteiger partial charge in [-0.3, -0.25) is 4.90 Å². The average Bonchev–Trinajstić information content (AvgIpc) is 3.02. The first-order valence-electron chi connectivity index (χ1n) is 7.18. The Balaban J connectivity index is 1.93. The fourth-order valence-electron chi connectivity index (χ4n) is 2.46. The van der Waals surface area contributed by atoms with Gasteiger partial charge in [0.1, 0.15) is 0 Å². The number of hydrogen-bond acceptors (Lipinski definition) is 6. The zero-order chi connectivity index (χ0) is 17.2. The van der Waals surface area contributed by atoms with Crippen LogP contribution in [0.15, 0.2) is 18.2 Å². The number of benzene rings is 1. The van der Waals surface area contributed by atoms with Gasteiger partial charge in [-0.15, -0.1) is 5.10 Å². The summed E-state index contributed by atoms with van der Waals surface area (Å²) < 4.78 is 45.8. The average molecular weight is 338 g/mol. The van der Waals surface area contributed by atoms with E-state index in [4.69, 9.17) is 10.00 Å². The van der Waals surface area contributed by atoms with Crippen molar-refractivity contribution in [2.75, 3.05) is 26.3 Å². The van der Waals surface area contributed by atoms with Crippen LogP contribution >= 0.6 is 0 Å². The van der Waals surface area contributed by atoms with Crippen molar-refractivity contribution in [3.8, 4) is 11.8 Å². The van der Waals surface area contributed by atoms with Gasteiger partial charge in [0.25, 0.3) is 0 Å². The predicted molar refractivity (Wildman–Crippen MR) is 75.0 cm³/mol. The minimum absolute atomic E-state index is 0.162. The van der Waals surface area contributed by atoms with E-state index in [0.29, 0.717) is 38.7 Å². The Hall–Kier alpha value is -2.51. The summed E-state index contributed by atoms with van der Waals surface area (Å²) in [6.45, 7) is 2.99. The highest BCUT2D eigenvalue weighted by Gasteiger charge is 2.34. The summed E-state index contributed by atoms with van der Waals surface area (Å²) in [7, 11) is 0. The molecule has 10 heteroatoms. The highest BCUT2D eigenvalue weighted by Crippen LogP contribution is 2.33. The summed E-state index contributed by atoms with van der Waals surface area (Å²) in [6.07, 6.45) is -4.63. The van der Waals surface area contributed by atoms with Crippen LogP contribution in [-0.2, 0) is 17.5 Å². The van der Waals surface area contributed by atoms with Crippen molar-refractivity contribution in [1.29, 1.82) is 5.26 Å². The molecule has 0 atom stereocenters. The minimum Gasteiger partial charge on any atom is -0.379 e. The molecule has 0 saturated carbocycles. The lowest BCUT2D eigenvalue weighted by Crippen LogP contribution is -2.36. The third-order valence-electron chi connectivity index (χ3n) is 3.68. The number of tetrazole rings is 1. The summed E-state index contributed by atoms with van der Waals surface area (Å²) in [5.41, 5.74) is -1.28. The molecule has 1 aromatic heterocycles. The largest absolute Gasteiger partial charge is 0.417 e. The van der Waals surface area contributed by atoms with Crippen molar-refractivity contribution in [3.63, 3.8) is 0 Å². The van der Waals surface area contributed by atoms with Gasteiger partial charge in [0.05, 0.1) is 42.6 Å². The first-order valence-corrected chi connectivity index (χ1v) is 7.18. The number of alkyl halides is 3. The van der Waals surface area contributed by atoms with E-state index in [0.717, 1.165) is 12.1 Å². The first-order chi connectivity index (χ1) is 11.5. The van der Waals surface area contributed by atoms with Gasteiger partial charge in [-0.2, -0.15) is 23.1 Å². The summed E-state index contributed by atoms with van der Waals surface area (Å²) >= 11 is 0. The summed E-state index contributed by atoms with van der Waals surface area (Å²) in [6, 6.07) is 4.96. The van der Waals surface area contributed by atoms with Crippen molar-refractivity contribution in [1.82, 2.24) is 25.1 Å². The molecule has 1 fully saturated rings. The van der Waals surface area contributed by atoms with E-state index in [1.54, 1.807) is 6.07 Å². The number of aromatic nitrogens is 4. The smallest absolute Gasteiger partial charge is 0.379 e. The molecule has 24 heavy (non-hydrogen) atoms. The summed E-state index contributed by atoms with van der Waals surface area (Å²) in [4.78, 5) is 2.06. The SMILES string of the molecule is N#Cc1ccc(-n2nnnc2CN2CCOCC2)cc1C(F)(F)F. The molecule has 0 N–H and O–H groups in total. The Morgan fingerprint density at radius 3 is 2.67 bits per heavy atom. The number of nitriles is 1. The normalized spacial score (nSPS) is 16.1. The Bertz CT molecular complexity index is 761. The number of halogens is 3. The molecule has 3 rings (SSSR count). The van der Waals surface area contributed by atoms with Gasteiger partial charge in [0.15, 0.2) is 5.82 Å². The highest BCUT2D eigenvalue weighted by atomic mass is 19.4. The van der Waals surface area contributed by atoms with Crippen molar-refractivity contribution < 1.29 is 17.9 Å². The van der Waals surface area contributed by atoms with Gasteiger partial charge in [-0.1, -0.05) is 0 Å². The van der Waals surface area contributed by atoms with Crippen LogP contribution in [-0.4, -0.2) is 51.4 Å². The van der Waals surface area contributed by atoms with E-state index in [9.17, 15) is 13.2 Å². The zero-order valence-electron chi connectivity index (χ0n) is 12.5. The Morgan fingerprint density at radius 1 is 1.25 bits per heavy atom. The van der Waals surface area contributed by atoms with E-state index < -0.39 is 17.3 Å². The molecule has 1 saturated heterocycles. The predicted octanol–water partition coefficient (Wildman–Crippen LogP) is 1.38. The van der Waals surface area contributed by atoms with Crippen LogP contribution in [0.3, 0.4) is 0 Å². The Labute approximate surface area is 135 Å². The van der Waals surface area contributed by atoms with Crippen LogP contribution in [0.1, 0.15) is 17.0 Å². The number of rotatable bonds is 3. The maximum absolute atomic E-state index is 13.1. The lowest BCUT2D eigenvalue weighted by atomic mass is 10.1. The molecule has 1 aliphatic heterocycles. The fraction of sp³-hybridized carbons (Fsp3) is 0.429. The number of hydrogen-bond donors (Lipinski definition) is 0. The van der Waals surface area contributed by atoms with E-state index in [1.165, 1.54) is 10.7 Å². The second-order valence-electron chi connectivity index (χ2n) is 5.23. The molecule has 2 heterocycles. The standard InChI is InChI=1S/C14H13F3N6O/c15-14(16,17)12-7-11(2-1-10(12)8-18)23-13(19-20-21-23)9-22-3-5-24-6-4-22/h1-2,7H,3-6,9H2. The summed E-state index contributed by atoms with van der Waals surface area (Å²) in [5, 5.41) is 20.1. The highest BCUT2D eigenvalue weighted by molar-refractivity contribution is 5.47. The number of nitrogens with zero attached hydrogens (tertiary/aromatic N) is 6. The van der Waals surface area contributed by atoms with Gasteiger partial charge in [-0.25, -0.2) is 0 Å². The molecule has 0 aliphatic carbocycles. The fourth-order valence-corrected chi connectivity index (χ4v) is 2.46. The van der Waals surface area contributed by atoms with Crippen LogP contribution in [0.25, 0.3) is 5.69 Å². The monoisotopic (exact) mass is 338 g/mol. The molecule has 0 amide bonds. The van der Waals surface area contributed by atoms with E-state index in [2.05, 4.69) is 20.4 Å². The van der Waals surface area contributed by atoms with Gasteiger partial charge >= 0.3 is 6.18 Å². The third-order valence-corrected chi connectivity index (χ3v) is 3.68. The molecule has 0 unspecified atom stereocenters. The Morgan fingerprint density at radius 2 is 2.00 bits per heavy atom. The first kappa shape index (κ1) is 16.4.